The Morgan fingerprint density at radius 3 is 2.74 bits per heavy atom. The van der Waals surface area contributed by atoms with Crippen molar-refractivity contribution in [2.75, 3.05) is 13.2 Å². The fourth-order valence-electron chi connectivity index (χ4n) is 2.06. The monoisotopic (exact) mass is 265 g/mol. The van der Waals surface area contributed by atoms with Crippen LogP contribution in [0, 0.1) is 0 Å². The predicted molar refractivity (Wildman–Crippen MR) is 70.6 cm³/mol. The van der Waals surface area contributed by atoms with Gasteiger partial charge in [0.2, 0.25) is 0 Å². The summed E-state index contributed by atoms with van der Waals surface area (Å²) in [7, 11) is 0. The first-order valence-electron chi connectivity index (χ1n) is 6.54. The second-order valence-corrected chi connectivity index (χ2v) is 4.67. The van der Waals surface area contributed by atoms with Gasteiger partial charge in [0.05, 0.1) is 0 Å². The van der Waals surface area contributed by atoms with E-state index in [2.05, 4.69) is 0 Å². The largest absolute Gasteiger partial charge is 0.486 e. The summed E-state index contributed by atoms with van der Waals surface area (Å²) in [5.74, 6) is 0.660. The van der Waals surface area contributed by atoms with Crippen molar-refractivity contribution in [3.05, 3.63) is 23.8 Å². The number of hydrogen-bond donors (Lipinski definition) is 2. The molecular formula is C14H19NO4. The fraction of sp³-hybridized carbons (Fsp3) is 0.500. The van der Waals surface area contributed by atoms with Crippen LogP contribution in [0.1, 0.15) is 24.8 Å². The SMILES string of the molecule is NC(CCCCc1ccc2c(c1)OCCO2)C(=O)O. The number of carboxylic acid groups (broad SMARTS) is 1. The van der Waals surface area contributed by atoms with Crippen molar-refractivity contribution in [3.63, 3.8) is 0 Å². The van der Waals surface area contributed by atoms with Crippen molar-refractivity contribution in [3.8, 4) is 11.5 Å². The minimum Gasteiger partial charge on any atom is -0.486 e. The van der Waals surface area contributed by atoms with E-state index in [9.17, 15) is 4.79 Å². The normalized spacial score (nSPS) is 15.0. The molecule has 0 bridgehead atoms. The maximum absolute atomic E-state index is 10.6. The Morgan fingerprint density at radius 2 is 2.00 bits per heavy atom. The van der Waals surface area contributed by atoms with Gasteiger partial charge < -0.3 is 20.3 Å². The molecule has 0 aromatic heterocycles. The number of carboxylic acids is 1. The third kappa shape index (κ3) is 3.86. The van der Waals surface area contributed by atoms with Crippen molar-refractivity contribution in [2.24, 2.45) is 5.73 Å². The highest BCUT2D eigenvalue weighted by atomic mass is 16.6. The third-order valence-electron chi connectivity index (χ3n) is 3.15. The number of carbonyl (C=O) groups is 1. The van der Waals surface area contributed by atoms with E-state index in [0.717, 1.165) is 30.8 Å². The summed E-state index contributed by atoms with van der Waals surface area (Å²) in [4.78, 5) is 10.6. The quantitative estimate of drug-likeness (QED) is 0.763. The second-order valence-electron chi connectivity index (χ2n) is 4.67. The first-order chi connectivity index (χ1) is 9.16. The lowest BCUT2D eigenvalue weighted by molar-refractivity contribution is -0.138. The van der Waals surface area contributed by atoms with Crippen molar-refractivity contribution < 1.29 is 19.4 Å². The van der Waals surface area contributed by atoms with Gasteiger partial charge in [-0.2, -0.15) is 0 Å². The van der Waals surface area contributed by atoms with Crippen LogP contribution in [0.4, 0.5) is 0 Å². The third-order valence-corrected chi connectivity index (χ3v) is 3.15. The highest BCUT2D eigenvalue weighted by Crippen LogP contribution is 2.31. The number of ether oxygens (including phenoxy) is 2. The van der Waals surface area contributed by atoms with Gasteiger partial charge in [-0.05, 0) is 37.0 Å². The van der Waals surface area contributed by atoms with Crippen molar-refractivity contribution in [2.45, 2.75) is 31.7 Å². The molecule has 0 fully saturated rings. The zero-order chi connectivity index (χ0) is 13.7. The molecule has 0 radical (unpaired) electrons. The maximum atomic E-state index is 10.6. The molecule has 0 aliphatic carbocycles. The molecule has 1 aromatic carbocycles. The number of aliphatic carboxylic acids is 1. The van der Waals surface area contributed by atoms with Gasteiger partial charge in [0.1, 0.15) is 19.3 Å². The molecule has 1 unspecified atom stereocenters. The van der Waals surface area contributed by atoms with E-state index >= 15 is 0 Å². The summed E-state index contributed by atoms with van der Waals surface area (Å²) in [6.45, 7) is 1.18. The van der Waals surface area contributed by atoms with Gasteiger partial charge in [-0.15, -0.1) is 0 Å². The molecule has 0 amide bonds. The van der Waals surface area contributed by atoms with Crippen LogP contribution in [0.5, 0.6) is 11.5 Å². The maximum Gasteiger partial charge on any atom is 0.320 e. The van der Waals surface area contributed by atoms with Gasteiger partial charge >= 0.3 is 5.97 Å². The number of rotatable bonds is 6. The number of benzene rings is 1. The molecule has 0 saturated heterocycles. The minimum absolute atomic E-state index is 0.514. The van der Waals surface area contributed by atoms with Gasteiger partial charge in [-0.25, -0.2) is 0 Å². The lowest BCUT2D eigenvalue weighted by Crippen LogP contribution is -2.29. The zero-order valence-corrected chi connectivity index (χ0v) is 10.8. The topological polar surface area (TPSA) is 81.8 Å². The Balaban J connectivity index is 1.78. The molecule has 3 N–H and O–H groups in total. The van der Waals surface area contributed by atoms with Crippen LogP contribution >= 0.6 is 0 Å². The standard InChI is InChI=1S/C14H19NO4/c15-11(14(16)17)4-2-1-3-10-5-6-12-13(9-10)19-8-7-18-12/h5-6,9,11H,1-4,7-8,15H2,(H,16,17). The summed E-state index contributed by atoms with van der Waals surface area (Å²) in [6, 6.07) is 5.18. The van der Waals surface area contributed by atoms with Crippen LogP contribution in [0.25, 0.3) is 0 Å². The summed E-state index contributed by atoms with van der Waals surface area (Å²) in [5.41, 5.74) is 6.63. The Labute approximate surface area is 112 Å². The van der Waals surface area contributed by atoms with Crippen LogP contribution < -0.4 is 15.2 Å². The lowest BCUT2D eigenvalue weighted by atomic mass is 10.0. The van der Waals surface area contributed by atoms with E-state index in [-0.39, 0.29) is 0 Å². The average Bonchev–Trinajstić information content (AvgIpc) is 2.43. The van der Waals surface area contributed by atoms with Crippen LogP contribution in [0.15, 0.2) is 18.2 Å². The molecular weight excluding hydrogens is 246 g/mol. The predicted octanol–water partition coefficient (Wildman–Crippen LogP) is 1.58. The Kier molecular flexibility index (Phi) is 4.63. The van der Waals surface area contributed by atoms with Crippen LogP contribution in [0.2, 0.25) is 0 Å². The summed E-state index contributed by atoms with van der Waals surface area (Å²) >= 11 is 0. The molecule has 2 rings (SSSR count). The number of fused-ring (bicyclic) bond motifs is 1. The van der Waals surface area contributed by atoms with Crippen molar-refractivity contribution >= 4 is 5.97 Å². The Hall–Kier alpha value is -1.75. The van der Waals surface area contributed by atoms with Gasteiger partial charge in [-0.1, -0.05) is 12.5 Å². The average molecular weight is 265 g/mol. The second kappa shape index (κ2) is 6.43. The smallest absolute Gasteiger partial charge is 0.320 e. The van der Waals surface area contributed by atoms with E-state index in [0.29, 0.717) is 19.6 Å². The van der Waals surface area contributed by atoms with E-state index < -0.39 is 12.0 Å². The van der Waals surface area contributed by atoms with Gasteiger partial charge in [-0.3, -0.25) is 4.79 Å². The van der Waals surface area contributed by atoms with E-state index in [4.69, 9.17) is 20.3 Å². The van der Waals surface area contributed by atoms with Crippen molar-refractivity contribution in [1.29, 1.82) is 0 Å². The van der Waals surface area contributed by atoms with Gasteiger partial charge in [0.25, 0.3) is 0 Å². The fourth-order valence-corrected chi connectivity index (χ4v) is 2.06. The first-order valence-corrected chi connectivity index (χ1v) is 6.54. The summed E-state index contributed by atoms with van der Waals surface area (Å²) < 4.78 is 11.0. The Bertz CT molecular complexity index is 447. The minimum atomic E-state index is -0.931. The van der Waals surface area contributed by atoms with E-state index in [1.54, 1.807) is 0 Å². The summed E-state index contributed by atoms with van der Waals surface area (Å²) in [6.07, 6.45) is 3.13. The molecule has 1 aromatic rings. The Morgan fingerprint density at radius 1 is 1.26 bits per heavy atom. The molecule has 1 aliphatic heterocycles. The molecule has 1 heterocycles. The molecule has 0 spiro atoms. The van der Waals surface area contributed by atoms with Gasteiger partial charge in [0.15, 0.2) is 11.5 Å². The van der Waals surface area contributed by atoms with Crippen LogP contribution in [-0.4, -0.2) is 30.3 Å². The first kappa shape index (κ1) is 13.7. The number of aryl methyl sites for hydroxylation is 1. The molecule has 1 atom stereocenters. The molecule has 0 saturated carbocycles. The van der Waals surface area contributed by atoms with Crippen molar-refractivity contribution in [1.82, 2.24) is 0 Å². The van der Waals surface area contributed by atoms with E-state index in [1.807, 2.05) is 18.2 Å². The molecule has 104 valence electrons. The highest BCUT2D eigenvalue weighted by Gasteiger charge is 2.12. The molecule has 19 heavy (non-hydrogen) atoms. The number of hydrogen-bond acceptors (Lipinski definition) is 4. The molecule has 1 aliphatic rings. The number of unbranched alkanes of at least 4 members (excludes halogenated alkanes) is 1. The van der Waals surface area contributed by atoms with Crippen LogP contribution in [-0.2, 0) is 11.2 Å². The lowest BCUT2D eigenvalue weighted by Gasteiger charge is -2.18. The highest BCUT2D eigenvalue weighted by molar-refractivity contribution is 5.72. The van der Waals surface area contributed by atoms with Crippen LogP contribution in [0.3, 0.4) is 0 Å². The van der Waals surface area contributed by atoms with E-state index in [1.165, 1.54) is 5.56 Å². The number of nitrogens with two attached hydrogens (primary N) is 1. The molecule has 5 heteroatoms. The molecule has 5 nitrogen and oxygen atoms in total. The zero-order valence-electron chi connectivity index (χ0n) is 10.8. The summed E-state index contributed by atoms with van der Waals surface area (Å²) in [5, 5.41) is 8.68. The van der Waals surface area contributed by atoms with Gasteiger partial charge in [0, 0.05) is 0 Å².